The minimum atomic E-state index is -0.177. The third-order valence-electron chi connectivity index (χ3n) is 5.38. The van der Waals surface area contributed by atoms with Crippen LogP contribution >= 0.6 is 0 Å². The summed E-state index contributed by atoms with van der Waals surface area (Å²) in [5.74, 6) is 0.928. The molecule has 0 saturated carbocycles. The highest BCUT2D eigenvalue weighted by molar-refractivity contribution is 5.89. The molecule has 0 aliphatic carbocycles. The van der Waals surface area contributed by atoms with Crippen molar-refractivity contribution in [1.29, 1.82) is 0 Å². The van der Waals surface area contributed by atoms with Gasteiger partial charge >= 0.3 is 0 Å². The van der Waals surface area contributed by atoms with Crippen LogP contribution < -0.4 is 0 Å². The van der Waals surface area contributed by atoms with Crippen molar-refractivity contribution < 1.29 is 14.1 Å². The Hall–Kier alpha value is -1.89. The van der Waals surface area contributed by atoms with E-state index in [1.807, 2.05) is 37.5 Å². The van der Waals surface area contributed by atoms with E-state index in [1.54, 1.807) is 0 Å². The SMILES string of the molecule is Cc1noc(C)c1CN1CCN(C(=O)[C@H]2CC(=O)N(C(C)C)C2)CC1. The summed E-state index contributed by atoms with van der Waals surface area (Å²) in [4.78, 5) is 30.9. The van der Waals surface area contributed by atoms with Gasteiger partial charge in [0.25, 0.3) is 0 Å². The van der Waals surface area contributed by atoms with Gasteiger partial charge in [0.2, 0.25) is 11.8 Å². The number of hydrogen-bond acceptors (Lipinski definition) is 5. The average molecular weight is 348 g/mol. The van der Waals surface area contributed by atoms with Gasteiger partial charge in [-0.15, -0.1) is 0 Å². The van der Waals surface area contributed by atoms with Gasteiger partial charge in [-0.1, -0.05) is 5.16 Å². The number of piperazine rings is 1. The predicted octanol–water partition coefficient (Wildman–Crippen LogP) is 1.19. The van der Waals surface area contributed by atoms with E-state index in [9.17, 15) is 9.59 Å². The van der Waals surface area contributed by atoms with Gasteiger partial charge < -0.3 is 14.3 Å². The van der Waals surface area contributed by atoms with Gasteiger partial charge in [-0.2, -0.15) is 0 Å². The fourth-order valence-corrected chi connectivity index (χ4v) is 3.73. The second kappa shape index (κ2) is 7.15. The highest BCUT2D eigenvalue weighted by Crippen LogP contribution is 2.23. The number of aryl methyl sites for hydroxylation is 2. The lowest BCUT2D eigenvalue weighted by Gasteiger charge is -2.35. The van der Waals surface area contributed by atoms with Crippen LogP contribution in [0.4, 0.5) is 0 Å². The third kappa shape index (κ3) is 3.71. The summed E-state index contributed by atoms with van der Waals surface area (Å²) in [6.07, 6.45) is 0.357. The maximum atomic E-state index is 12.7. The maximum absolute atomic E-state index is 12.7. The monoisotopic (exact) mass is 348 g/mol. The van der Waals surface area contributed by atoms with Crippen molar-refractivity contribution >= 4 is 11.8 Å². The van der Waals surface area contributed by atoms with Crippen molar-refractivity contribution in [1.82, 2.24) is 19.9 Å². The summed E-state index contributed by atoms with van der Waals surface area (Å²) in [5, 5.41) is 4.00. The highest BCUT2D eigenvalue weighted by atomic mass is 16.5. The quantitative estimate of drug-likeness (QED) is 0.817. The zero-order chi connectivity index (χ0) is 18.1. The molecule has 0 spiro atoms. The smallest absolute Gasteiger partial charge is 0.228 e. The molecule has 2 aliphatic rings. The summed E-state index contributed by atoms with van der Waals surface area (Å²) in [5.41, 5.74) is 2.09. The lowest BCUT2D eigenvalue weighted by molar-refractivity contribution is -0.137. The number of carbonyl (C=O) groups is 2. The van der Waals surface area contributed by atoms with E-state index in [0.717, 1.165) is 36.7 Å². The molecule has 3 rings (SSSR count). The van der Waals surface area contributed by atoms with E-state index in [1.165, 1.54) is 0 Å². The average Bonchev–Trinajstić information content (AvgIpc) is 3.12. The van der Waals surface area contributed by atoms with E-state index in [0.29, 0.717) is 26.1 Å². The van der Waals surface area contributed by atoms with Gasteiger partial charge in [-0.05, 0) is 27.7 Å². The Labute approximate surface area is 148 Å². The first-order chi connectivity index (χ1) is 11.9. The minimum absolute atomic E-state index is 0.102. The lowest BCUT2D eigenvalue weighted by Crippen LogP contribution is -2.50. The first kappa shape index (κ1) is 17.9. The molecule has 0 N–H and O–H groups in total. The standard InChI is InChI=1S/C18H28N4O3/c1-12(2)22-10-15(9-17(22)23)18(24)21-7-5-20(6-8-21)11-16-13(3)19-25-14(16)4/h12,15H,5-11H2,1-4H3/t15-/m0/s1. The second-order valence-electron chi connectivity index (χ2n) is 7.45. The number of rotatable bonds is 4. The Morgan fingerprint density at radius 1 is 1.24 bits per heavy atom. The minimum Gasteiger partial charge on any atom is -0.361 e. The zero-order valence-corrected chi connectivity index (χ0v) is 15.6. The number of carbonyl (C=O) groups excluding carboxylic acids is 2. The van der Waals surface area contributed by atoms with Crippen LogP contribution in [0.2, 0.25) is 0 Å². The molecule has 1 aromatic rings. The zero-order valence-electron chi connectivity index (χ0n) is 15.6. The Balaban J connectivity index is 1.52. The van der Waals surface area contributed by atoms with Crippen LogP contribution in [0.25, 0.3) is 0 Å². The number of nitrogens with zero attached hydrogens (tertiary/aromatic N) is 4. The lowest BCUT2D eigenvalue weighted by atomic mass is 10.1. The number of likely N-dealkylation sites (tertiary alicyclic amines) is 1. The van der Waals surface area contributed by atoms with Crippen molar-refractivity contribution in [2.24, 2.45) is 5.92 Å². The number of amides is 2. The van der Waals surface area contributed by atoms with Crippen LogP contribution in [0.15, 0.2) is 4.52 Å². The predicted molar refractivity (Wildman–Crippen MR) is 92.8 cm³/mol. The van der Waals surface area contributed by atoms with Gasteiger partial charge in [0.1, 0.15) is 5.76 Å². The molecule has 0 bridgehead atoms. The highest BCUT2D eigenvalue weighted by Gasteiger charge is 2.38. The topological polar surface area (TPSA) is 69.9 Å². The van der Waals surface area contributed by atoms with Crippen molar-refractivity contribution in [3.8, 4) is 0 Å². The summed E-state index contributed by atoms with van der Waals surface area (Å²) >= 11 is 0. The largest absolute Gasteiger partial charge is 0.361 e. The van der Waals surface area contributed by atoms with Crippen LogP contribution in [-0.2, 0) is 16.1 Å². The van der Waals surface area contributed by atoms with Crippen LogP contribution in [0, 0.1) is 19.8 Å². The summed E-state index contributed by atoms with van der Waals surface area (Å²) in [6.45, 7) is 12.4. The molecular formula is C18H28N4O3. The van der Waals surface area contributed by atoms with Gasteiger partial charge in [0.15, 0.2) is 0 Å². The van der Waals surface area contributed by atoms with Crippen molar-refractivity contribution in [2.75, 3.05) is 32.7 Å². The summed E-state index contributed by atoms with van der Waals surface area (Å²) in [6, 6.07) is 0.164. The number of hydrogen-bond donors (Lipinski definition) is 0. The first-order valence-electron chi connectivity index (χ1n) is 9.09. The molecule has 1 atom stereocenters. The molecule has 3 heterocycles. The van der Waals surface area contributed by atoms with E-state index in [4.69, 9.17) is 4.52 Å². The molecule has 25 heavy (non-hydrogen) atoms. The number of aromatic nitrogens is 1. The van der Waals surface area contributed by atoms with Crippen molar-refractivity contribution in [2.45, 2.75) is 46.7 Å². The van der Waals surface area contributed by atoms with Crippen LogP contribution in [0.3, 0.4) is 0 Å². The van der Waals surface area contributed by atoms with Gasteiger partial charge in [-0.3, -0.25) is 14.5 Å². The summed E-state index contributed by atoms with van der Waals surface area (Å²) < 4.78 is 5.23. The molecule has 7 nitrogen and oxygen atoms in total. The molecule has 0 radical (unpaired) electrons. The van der Waals surface area contributed by atoms with Gasteiger partial charge in [0, 0.05) is 57.3 Å². The van der Waals surface area contributed by atoms with Gasteiger partial charge in [0.05, 0.1) is 11.6 Å². The van der Waals surface area contributed by atoms with Crippen molar-refractivity contribution in [3.63, 3.8) is 0 Å². The Morgan fingerprint density at radius 2 is 1.92 bits per heavy atom. The first-order valence-corrected chi connectivity index (χ1v) is 9.09. The molecule has 2 amide bonds. The molecule has 0 unspecified atom stereocenters. The normalized spacial score (nSPS) is 22.3. The summed E-state index contributed by atoms with van der Waals surface area (Å²) in [7, 11) is 0. The molecule has 2 fully saturated rings. The van der Waals surface area contributed by atoms with Crippen LogP contribution in [0.1, 0.15) is 37.3 Å². The van der Waals surface area contributed by atoms with Gasteiger partial charge in [-0.25, -0.2) is 0 Å². The van der Waals surface area contributed by atoms with E-state index >= 15 is 0 Å². The molecule has 2 aliphatic heterocycles. The fourth-order valence-electron chi connectivity index (χ4n) is 3.73. The van der Waals surface area contributed by atoms with E-state index < -0.39 is 0 Å². The van der Waals surface area contributed by atoms with Crippen LogP contribution in [0.5, 0.6) is 0 Å². The van der Waals surface area contributed by atoms with E-state index in [2.05, 4.69) is 10.1 Å². The third-order valence-corrected chi connectivity index (χ3v) is 5.38. The molecular weight excluding hydrogens is 320 g/mol. The molecule has 7 heteroatoms. The van der Waals surface area contributed by atoms with Crippen LogP contribution in [-0.4, -0.2) is 70.4 Å². The molecule has 0 aromatic carbocycles. The Kier molecular flexibility index (Phi) is 5.13. The Morgan fingerprint density at radius 3 is 2.44 bits per heavy atom. The van der Waals surface area contributed by atoms with E-state index in [-0.39, 0.29) is 23.8 Å². The molecule has 1 aromatic heterocycles. The molecule has 2 saturated heterocycles. The Bertz CT molecular complexity index is 627. The van der Waals surface area contributed by atoms with Crippen molar-refractivity contribution in [3.05, 3.63) is 17.0 Å². The fraction of sp³-hybridized carbons (Fsp3) is 0.722. The molecule has 138 valence electrons. The maximum Gasteiger partial charge on any atom is 0.228 e. The second-order valence-corrected chi connectivity index (χ2v) is 7.45.